The Morgan fingerprint density at radius 3 is 2.06 bits per heavy atom. The van der Waals surface area contributed by atoms with Crippen molar-refractivity contribution >= 4 is 27.4 Å². The topological polar surface area (TPSA) is 99.7 Å². The molecule has 0 spiro atoms. The van der Waals surface area contributed by atoms with Gasteiger partial charge in [-0.2, -0.15) is 9.94 Å². The van der Waals surface area contributed by atoms with Crippen LogP contribution in [0, 0.1) is 23.2 Å². The lowest BCUT2D eigenvalue weighted by molar-refractivity contribution is 0.0933. The van der Waals surface area contributed by atoms with E-state index in [4.69, 9.17) is 15.1 Å². The van der Waals surface area contributed by atoms with Crippen LogP contribution < -0.4 is 10.2 Å². The number of allylic oxidation sites excluding steroid dienone is 1. The fraction of sp³-hybridized carbons (Fsp3) is 0.625. The molecule has 49 heavy (non-hydrogen) atoms. The maximum Gasteiger partial charge on any atom is 0.290 e. The van der Waals surface area contributed by atoms with E-state index < -0.39 is 11.9 Å². The van der Waals surface area contributed by atoms with Crippen molar-refractivity contribution in [2.24, 2.45) is 11.8 Å². The van der Waals surface area contributed by atoms with Crippen molar-refractivity contribution < 1.29 is 4.79 Å². The number of anilines is 2. The number of carbonyl (C=O) groups is 1. The molecule has 4 atom stereocenters. The average Bonchev–Trinajstić information content (AvgIpc) is 3.76. The maximum absolute atomic E-state index is 13.5. The van der Waals surface area contributed by atoms with Crippen LogP contribution in [0.3, 0.4) is 0 Å². The Morgan fingerprint density at radius 2 is 1.51 bits per heavy atom. The minimum atomic E-state index is -0.484. The summed E-state index contributed by atoms with van der Waals surface area (Å²) < 4.78 is 1.38. The van der Waals surface area contributed by atoms with Crippen LogP contribution in [0.1, 0.15) is 154 Å². The fourth-order valence-electron chi connectivity index (χ4n) is 6.89. The van der Waals surface area contributed by atoms with Gasteiger partial charge in [0.05, 0.1) is 0 Å². The van der Waals surface area contributed by atoms with Crippen LogP contribution in [-0.2, 0) is 0 Å². The lowest BCUT2D eigenvalue weighted by atomic mass is 9.96. The molecule has 0 aliphatic carbocycles. The summed E-state index contributed by atoms with van der Waals surface area (Å²) in [6.07, 6.45) is 13.7. The van der Waals surface area contributed by atoms with Gasteiger partial charge in [-0.1, -0.05) is 135 Å². The molecule has 4 rings (SSSR count). The van der Waals surface area contributed by atoms with Gasteiger partial charge in [0.15, 0.2) is 16.8 Å². The summed E-state index contributed by atoms with van der Waals surface area (Å²) in [6.45, 7) is 17.4. The summed E-state index contributed by atoms with van der Waals surface area (Å²) in [7, 11) is 0. The molecule has 3 aromatic rings. The predicted octanol–water partition coefficient (Wildman–Crippen LogP) is 11.0. The van der Waals surface area contributed by atoms with Crippen molar-refractivity contribution in [1.82, 2.24) is 19.7 Å². The van der Waals surface area contributed by atoms with Crippen LogP contribution in [0.2, 0.25) is 0 Å². The van der Waals surface area contributed by atoms with Crippen molar-refractivity contribution in [2.45, 2.75) is 137 Å². The average molecular weight is 686 g/mol. The van der Waals surface area contributed by atoms with E-state index in [1.807, 2.05) is 25.1 Å². The highest BCUT2D eigenvalue weighted by molar-refractivity contribution is 7.20. The van der Waals surface area contributed by atoms with Gasteiger partial charge in [-0.3, -0.25) is 4.79 Å². The molecule has 266 valence electrons. The molecule has 9 heteroatoms. The van der Waals surface area contributed by atoms with Gasteiger partial charge in [0.1, 0.15) is 28.4 Å². The second-order valence-electron chi connectivity index (χ2n) is 13.8. The van der Waals surface area contributed by atoms with Gasteiger partial charge >= 0.3 is 0 Å². The Hall–Kier alpha value is -3.51. The molecule has 0 amide bonds. The number of hydrogen-bond acceptors (Lipinski definition) is 8. The normalized spacial score (nSPS) is 16.3. The predicted molar refractivity (Wildman–Crippen MR) is 204 cm³/mol. The van der Waals surface area contributed by atoms with Crippen molar-refractivity contribution in [3.63, 3.8) is 0 Å². The van der Waals surface area contributed by atoms with E-state index >= 15 is 0 Å². The largest absolute Gasteiger partial charge is 0.362 e. The first-order valence-corrected chi connectivity index (χ1v) is 19.8. The highest BCUT2D eigenvalue weighted by Gasteiger charge is 2.37. The van der Waals surface area contributed by atoms with Gasteiger partial charge in [0.2, 0.25) is 0 Å². The zero-order valence-electron chi connectivity index (χ0n) is 31.1. The second-order valence-corrected chi connectivity index (χ2v) is 14.8. The van der Waals surface area contributed by atoms with E-state index in [2.05, 4.69) is 70.0 Å². The van der Waals surface area contributed by atoms with Crippen molar-refractivity contribution in [2.75, 3.05) is 23.3 Å². The third-order valence-electron chi connectivity index (χ3n) is 10.3. The highest BCUT2D eigenvalue weighted by Crippen LogP contribution is 2.43. The molecular weight excluding hydrogens is 627 g/mol. The quantitative estimate of drug-likeness (QED) is 0.119. The van der Waals surface area contributed by atoms with Gasteiger partial charge in [0, 0.05) is 24.6 Å². The minimum absolute atomic E-state index is 0.124. The van der Waals surface area contributed by atoms with Crippen LogP contribution in [0.5, 0.6) is 0 Å². The first-order chi connectivity index (χ1) is 23.8. The lowest BCUT2D eigenvalue weighted by Crippen LogP contribution is -2.34. The highest BCUT2D eigenvalue weighted by atomic mass is 32.1. The van der Waals surface area contributed by atoms with E-state index in [0.29, 0.717) is 29.1 Å². The van der Waals surface area contributed by atoms with E-state index in [1.54, 1.807) is 11.3 Å². The Balaban J connectivity index is 1.81. The Labute approximate surface area is 299 Å². The molecule has 1 N–H and O–H groups in total. The Kier molecular flexibility index (Phi) is 14.9. The standard InChI is InChI=1S/C40H59N7OS/c1-8-14-20-29(11-4)26-46(27-30(12-5)21-15-9-2)40-43-35(32-23-18-17-19-24-32)38(49-40)42-34-28(7)33(25-41)39(48)47-37(34)44-36(45-47)31(13-6)22-16-10-3/h17-19,23-24,29-31,34,42H,8-16,20-22,26-27H2,1-7H3. The number of rotatable bonds is 21. The monoisotopic (exact) mass is 685 g/mol. The summed E-state index contributed by atoms with van der Waals surface area (Å²) in [4.78, 5) is 26.5. The molecule has 0 bridgehead atoms. The van der Waals surface area contributed by atoms with E-state index in [9.17, 15) is 10.1 Å². The van der Waals surface area contributed by atoms with Gasteiger partial charge in [-0.05, 0) is 50.0 Å². The molecule has 0 radical (unpaired) electrons. The number of nitrogens with one attached hydrogen (secondary N) is 1. The van der Waals surface area contributed by atoms with Crippen LogP contribution in [0.15, 0.2) is 41.5 Å². The number of carbonyl (C=O) groups excluding carboxylic acids is 1. The van der Waals surface area contributed by atoms with Crippen LogP contribution in [0.4, 0.5) is 10.1 Å². The molecule has 2 aromatic heterocycles. The van der Waals surface area contributed by atoms with Crippen LogP contribution in [0.25, 0.3) is 11.3 Å². The molecule has 1 aliphatic rings. The van der Waals surface area contributed by atoms with E-state index in [0.717, 1.165) is 73.0 Å². The molecule has 1 aromatic carbocycles. The number of unbranched alkanes of at least 4 members (excludes halogenated alkanes) is 3. The number of thiazole rings is 1. The van der Waals surface area contributed by atoms with Crippen LogP contribution in [-0.4, -0.2) is 38.7 Å². The van der Waals surface area contributed by atoms with Crippen LogP contribution >= 0.6 is 11.3 Å². The Bertz CT molecular complexity index is 1530. The summed E-state index contributed by atoms with van der Waals surface area (Å²) in [5.41, 5.74) is 2.71. The van der Waals surface area contributed by atoms with Crippen molar-refractivity contribution in [3.05, 3.63) is 53.1 Å². The third kappa shape index (κ3) is 9.39. The maximum atomic E-state index is 13.5. The SMILES string of the molecule is CCCCC(CC)CN(CC(CC)CCCC)c1nc(-c2ccccc2)c(NC2C(C)=C(C#N)C(=O)n3nc(C(CC)CCCC)nc32)s1. The minimum Gasteiger partial charge on any atom is -0.362 e. The smallest absolute Gasteiger partial charge is 0.290 e. The summed E-state index contributed by atoms with van der Waals surface area (Å²) in [5.74, 6) is 2.22. The van der Waals surface area contributed by atoms with Gasteiger partial charge in [-0.15, -0.1) is 5.10 Å². The molecule has 0 saturated carbocycles. The van der Waals surface area contributed by atoms with E-state index in [1.165, 1.54) is 43.2 Å². The summed E-state index contributed by atoms with van der Waals surface area (Å²) >= 11 is 1.68. The fourth-order valence-corrected chi connectivity index (χ4v) is 7.93. The van der Waals surface area contributed by atoms with Crippen molar-refractivity contribution in [3.8, 4) is 17.3 Å². The Morgan fingerprint density at radius 1 is 0.898 bits per heavy atom. The van der Waals surface area contributed by atoms with E-state index in [-0.39, 0.29) is 11.5 Å². The summed E-state index contributed by atoms with van der Waals surface area (Å²) in [6, 6.07) is 12.0. The molecule has 8 nitrogen and oxygen atoms in total. The molecule has 0 fully saturated rings. The lowest BCUT2D eigenvalue weighted by Gasteiger charge is -2.30. The van der Waals surface area contributed by atoms with Gasteiger partial charge < -0.3 is 10.2 Å². The van der Waals surface area contributed by atoms with Gasteiger partial charge in [-0.25, -0.2) is 9.97 Å². The molecule has 3 heterocycles. The number of fused-ring (bicyclic) bond motifs is 1. The second kappa shape index (κ2) is 19.0. The third-order valence-corrected chi connectivity index (χ3v) is 11.3. The van der Waals surface area contributed by atoms with Crippen molar-refractivity contribution in [1.29, 1.82) is 5.26 Å². The first kappa shape index (κ1) is 38.3. The van der Waals surface area contributed by atoms with Gasteiger partial charge in [0.25, 0.3) is 5.91 Å². The number of nitrogens with zero attached hydrogens (tertiary/aromatic N) is 6. The molecular formula is C40H59N7OS. The number of benzene rings is 1. The molecule has 1 aliphatic heterocycles. The first-order valence-electron chi connectivity index (χ1n) is 19.0. The molecule has 4 unspecified atom stereocenters. The zero-order valence-corrected chi connectivity index (χ0v) is 31.9. The number of nitriles is 1. The zero-order chi connectivity index (χ0) is 35.3. The molecule has 0 saturated heterocycles. The number of aromatic nitrogens is 4. The number of hydrogen-bond donors (Lipinski definition) is 1. The summed E-state index contributed by atoms with van der Waals surface area (Å²) in [5, 5.41) is 20.6.